The molecule has 0 saturated heterocycles. The van der Waals surface area contributed by atoms with Crippen LogP contribution in [0.1, 0.15) is 46.5 Å². The standard InChI is InChI=1S/C22H16N6O2/c23-27-25-19-17-10-16-12-6-2-4-8-14(12)22(30)20(26-28-24)18(16)9-15(17)11-5-1-3-7-13(11)21(19)29/h1-10,19-22,29-30H. The van der Waals surface area contributed by atoms with Crippen molar-refractivity contribution in [3.8, 4) is 22.3 Å². The molecule has 4 unspecified atom stereocenters. The number of aliphatic hydroxyl groups excluding tert-OH is 2. The molecule has 3 aromatic rings. The summed E-state index contributed by atoms with van der Waals surface area (Å²) in [6.07, 6.45) is -1.94. The van der Waals surface area contributed by atoms with Gasteiger partial charge in [-0.1, -0.05) is 58.8 Å². The average molecular weight is 396 g/mol. The van der Waals surface area contributed by atoms with E-state index in [9.17, 15) is 10.2 Å². The fourth-order valence-corrected chi connectivity index (χ4v) is 4.63. The summed E-state index contributed by atoms with van der Waals surface area (Å²) in [4.78, 5) is 5.91. The predicted octanol–water partition coefficient (Wildman–Crippen LogP) is 5.82. The summed E-state index contributed by atoms with van der Waals surface area (Å²) in [6.45, 7) is 0. The van der Waals surface area contributed by atoms with E-state index in [0.29, 0.717) is 22.3 Å². The number of hydrogen-bond donors (Lipinski definition) is 2. The van der Waals surface area contributed by atoms with E-state index in [0.717, 1.165) is 22.3 Å². The van der Waals surface area contributed by atoms with Crippen LogP contribution in [0.3, 0.4) is 0 Å². The molecular formula is C22H16N6O2. The molecule has 4 atom stereocenters. The van der Waals surface area contributed by atoms with Gasteiger partial charge in [0.1, 0.15) is 0 Å². The Labute approximate surface area is 171 Å². The van der Waals surface area contributed by atoms with Crippen molar-refractivity contribution in [3.05, 3.63) is 104 Å². The minimum atomic E-state index is -0.972. The molecule has 2 N–H and O–H groups in total. The maximum atomic E-state index is 10.9. The first-order chi connectivity index (χ1) is 14.7. The summed E-state index contributed by atoms with van der Waals surface area (Å²) in [6, 6.07) is 17.0. The van der Waals surface area contributed by atoms with Crippen molar-refractivity contribution in [2.75, 3.05) is 0 Å². The monoisotopic (exact) mass is 396 g/mol. The Morgan fingerprint density at radius 1 is 0.600 bits per heavy atom. The van der Waals surface area contributed by atoms with Gasteiger partial charge < -0.3 is 10.2 Å². The second kappa shape index (κ2) is 6.91. The number of aliphatic hydroxyl groups is 2. The van der Waals surface area contributed by atoms with Gasteiger partial charge in [-0.25, -0.2) is 0 Å². The second-order valence-corrected chi connectivity index (χ2v) is 7.39. The summed E-state index contributed by atoms with van der Waals surface area (Å²) < 4.78 is 0. The van der Waals surface area contributed by atoms with Crippen LogP contribution in [0.25, 0.3) is 43.1 Å². The molecular weight excluding hydrogens is 380 g/mol. The minimum absolute atomic E-state index is 0.666. The van der Waals surface area contributed by atoms with E-state index in [2.05, 4.69) is 20.1 Å². The van der Waals surface area contributed by atoms with Gasteiger partial charge in [-0.3, -0.25) is 0 Å². The molecule has 3 aromatic carbocycles. The van der Waals surface area contributed by atoms with E-state index in [1.807, 2.05) is 48.5 Å². The zero-order chi connectivity index (χ0) is 20.8. The van der Waals surface area contributed by atoms with Gasteiger partial charge >= 0.3 is 0 Å². The summed E-state index contributed by atoms with van der Waals surface area (Å²) in [5, 5.41) is 29.6. The SMILES string of the molecule is [N-]=[N+]=NC1c2cc3c(cc2-c2ccccc2C1O)C(N=[N+]=[N-])C(O)c1ccccc1-3. The molecule has 0 heterocycles. The number of benzene rings is 3. The highest BCUT2D eigenvalue weighted by molar-refractivity contribution is 5.83. The predicted molar refractivity (Wildman–Crippen MR) is 111 cm³/mol. The Balaban J connectivity index is 1.87. The Bertz CT molecular complexity index is 1180. The maximum absolute atomic E-state index is 10.9. The first kappa shape index (κ1) is 18.2. The fraction of sp³-hybridized carbons (Fsp3) is 0.182. The van der Waals surface area contributed by atoms with Gasteiger partial charge in [-0.2, -0.15) is 0 Å². The molecule has 0 amide bonds. The van der Waals surface area contributed by atoms with Crippen LogP contribution in [0, 0.1) is 0 Å². The summed E-state index contributed by atoms with van der Waals surface area (Å²) in [5.74, 6) is 0. The quantitative estimate of drug-likeness (QED) is 0.320. The van der Waals surface area contributed by atoms with Gasteiger partial charge in [0.15, 0.2) is 0 Å². The van der Waals surface area contributed by atoms with Crippen LogP contribution < -0.4 is 0 Å². The van der Waals surface area contributed by atoms with Crippen LogP contribution in [0.5, 0.6) is 0 Å². The normalized spacial score (nSPS) is 23.0. The van der Waals surface area contributed by atoms with Gasteiger partial charge in [-0.05, 0) is 67.7 Å². The number of azide groups is 2. The lowest BCUT2D eigenvalue weighted by Gasteiger charge is -2.35. The average Bonchev–Trinajstić information content (AvgIpc) is 2.78. The van der Waals surface area contributed by atoms with E-state index in [1.54, 1.807) is 12.1 Å². The molecule has 0 radical (unpaired) electrons. The minimum Gasteiger partial charge on any atom is -0.388 e. The lowest BCUT2D eigenvalue weighted by molar-refractivity contribution is 0.143. The number of nitrogens with zero attached hydrogens (tertiary/aromatic N) is 6. The molecule has 0 aromatic heterocycles. The van der Waals surface area contributed by atoms with Crippen molar-refractivity contribution in [2.45, 2.75) is 24.3 Å². The lowest BCUT2D eigenvalue weighted by Crippen LogP contribution is -2.20. The Hall–Kier alpha value is -3.80. The van der Waals surface area contributed by atoms with Crippen LogP contribution in [0.2, 0.25) is 0 Å². The van der Waals surface area contributed by atoms with E-state index >= 15 is 0 Å². The molecule has 8 nitrogen and oxygen atoms in total. The molecule has 0 bridgehead atoms. The molecule has 2 aliphatic rings. The summed E-state index contributed by atoms with van der Waals surface area (Å²) in [7, 11) is 0. The van der Waals surface area contributed by atoms with Gasteiger partial charge in [0.05, 0.1) is 24.3 Å². The molecule has 0 aliphatic heterocycles. The third kappa shape index (κ3) is 2.50. The maximum Gasteiger partial charge on any atom is 0.0933 e. The van der Waals surface area contributed by atoms with Crippen molar-refractivity contribution in [3.63, 3.8) is 0 Å². The van der Waals surface area contributed by atoms with Crippen LogP contribution in [-0.2, 0) is 0 Å². The molecule has 146 valence electrons. The van der Waals surface area contributed by atoms with Gasteiger partial charge in [-0.15, -0.1) is 0 Å². The fourth-order valence-electron chi connectivity index (χ4n) is 4.63. The Morgan fingerprint density at radius 2 is 1.00 bits per heavy atom. The highest BCUT2D eigenvalue weighted by atomic mass is 16.3. The zero-order valence-electron chi connectivity index (χ0n) is 15.7. The molecule has 5 rings (SSSR count). The third-order valence-electron chi connectivity index (χ3n) is 5.95. The van der Waals surface area contributed by atoms with E-state index in [1.165, 1.54) is 0 Å². The van der Waals surface area contributed by atoms with Gasteiger partial charge in [0, 0.05) is 9.82 Å². The molecule has 0 spiro atoms. The van der Waals surface area contributed by atoms with Crippen LogP contribution in [0.4, 0.5) is 0 Å². The van der Waals surface area contributed by atoms with Crippen molar-refractivity contribution >= 4 is 0 Å². The Morgan fingerprint density at radius 3 is 1.40 bits per heavy atom. The molecule has 30 heavy (non-hydrogen) atoms. The van der Waals surface area contributed by atoms with Crippen LogP contribution in [0.15, 0.2) is 70.9 Å². The highest BCUT2D eigenvalue weighted by Gasteiger charge is 2.37. The van der Waals surface area contributed by atoms with Crippen molar-refractivity contribution < 1.29 is 10.2 Å². The topological polar surface area (TPSA) is 138 Å². The third-order valence-corrected chi connectivity index (χ3v) is 5.95. The van der Waals surface area contributed by atoms with E-state index < -0.39 is 24.3 Å². The first-order valence-electron chi connectivity index (χ1n) is 9.46. The van der Waals surface area contributed by atoms with Crippen molar-refractivity contribution in [1.29, 1.82) is 0 Å². The zero-order valence-corrected chi connectivity index (χ0v) is 15.7. The number of rotatable bonds is 2. The largest absolute Gasteiger partial charge is 0.388 e. The summed E-state index contributed by atoms with van der Waals surface area (Å²) in [5.41, 5.74) is 24.2. The first-order valence-corrected chi connectivity index (χ1v) is 9.46. The Kier molecular flexibility index (Phi) is 4.20. The van der Waals surface area contributed by atoms with Crippen LogP contribution >= 0.6 is 0 Å². The van der Waals surface area contributed by atoms with E-state index in [-0.39, 0.29) is 0 Å². The molecule has 8 heteroatoms. The number of fused-ring (bicyclic) bond motifs is 6. The van der Waals surface area contributed by atoms with E-state index in [4.69, 9.17) is 11.1 Å². The van der Waals surface area contributed by atoms with Crippen molar-refractivity contribution in [1.82, 2.24) is 0 Å². The van der Waals surface area contributed by atoms with Crippen molar-refractivity contribution in [2.24, 2.45) is 10.2 Å². The summed E-state index contributed by atoms with van der Waals surface area (Å²) >= 11 is 0. The number of hydrogen-bond acceptors (Lipinski definition) is 4. The lowest BCUT2D eigenvalue weighted by atomic mass is 9.74. The smallest absolute Gasteiger partial charge is 0.0933 e. The van der Waals surface area contributed by atoms with Crippen LogP contribution in [-0.4, -0.2) is 10.2 Å². The second-order valence-electron chi connectivity index (χ2n) is 7.39. The molecule has 0 saturated carbocycles. The molecule has 2 aliphatic carbocycles. The molecule has 0 fully saturated rings. The highest BCUT2D eigenvalue weighted by Crippen LogP contribution is 2.53. The van der Waals surface area contributed by atoms with Gasteiger partial charge in [0.25, 0.3) is 0 Å². The van der Waals surface area contributed by atoms with Gasteiger partial charge in [0.2, 0.25) is 0 Å².